The molecule has 1 aliphatic heterocycles. The van der Waals surface area contributed by atoms with E-state index in [2.05, 4.69) is 21.8 Å². The number of nitrogens with zero attached hydrogens (tertiary/aromatic N) is 1. The van der Waals surface area contributed by atoms with Crippen LogP contribution in [-0.4, -0.2) is 27.5 Å². The van der Waals surface area contributed by atoms with E-state index in [0.717, 1.165) is 25.1 Å². The largest absolute Gasteiger partial charge is 0.370 e. The first-order valence-electron chi connectivity index (χ1n) is 7.52. The van der Waals surface area contributed by atoms with Crippen LogP contribution < -0.4 is 9.62 Å². The minimum absolute atomic E-state index is 0. The molecule has 1 saturated heterocycles. The fraction of sp³-hybridized carbons (Fsp3) is 0.294. The highest BCUT2D eigenvalue weighted by molar-refractivity contribution is 7.89. The third kappa shape index (κ3) is 4.47. The van der Waals surface area contributed by atoms with Crippen molar-refractivity contribution in [1.29, 1.82) is 0 Å². The SMILES string of the molecule is Cl.O=S(=O)(NC1CCCN(c2ccccc2)C1)c1ccccc1. The van der Waals surface area contributed by atoms with Crippen LogP contribution in [0.25, 0.3) is 0 Å². The Kier molecular flexibility index (Phi) is 6.04. The molecule has 3 rings (SSSR count). The van der Waals surface area contributed by atoms with Crippen LogP contribution in [0, 0.1) is 0 Å². The molecule has 1 aliphatic rings. The summed E-state index contributed by atoms with van der Waals surface area (Å²) in [5.41, 5.74) is 1.14. The zero-order valence-electron chi connectivity index (χ0n) is 12.8. The van der Waals surface area contributed by atoms with Crippen LogP contribution in [0.1, 0.15) is 12.8 Å². The molecule has 1 atom stereocenters. The summed E-state index contributed by atoms with van der Waals surface area (Å²) in [6, 6.07) is 18.6. The molecule has 1 fully saturated rings. The average molecular weight is 353 g/mol. The van der Waals surface area contributed by atoms with E-state index < -0.39 is 10.0 Å². The predicted molar refractivity (Wildman–Crippen MR) is 95.7 cm³/mol. The summed E-state index contributed by atoms with van der Waals surface area (Å²) >= 11 is 0. The van der Waals surface area contributed by atoms with Gasteiger partial charge in [0.2, 0.25) is 10.0 Å². The summed E-state index contributed by atoms with van der Waals surface area (Å²) in [7, 11) is -3.44. The Morgan fingerprint density at radius 1 is 0.957 bits per heavy atom. The van der Waals surface area contributed by atoms with Gasteiger partial charge >= 0.3 is 0 Å². The molecule has 23 heavy (non-hydrogen) atoms. The van der Waals surface area contributed by atoms with E-state index in [-0.39, 0.29) is 18.4 Å². The summed E-state index contributed by atoms with van der Waals surface area (Å²) in [5, 5.41) is 0. The van der Waals surface area contributed by atoms with Crippen molar-refractivity contribution in [3.63, 3.8) is 0 Å². The first-order valence-corrected chi connectivity index (χ1v) is 9.01. The van der Waals surface area contributed by atoms with Crippen LogP contribution in [0.5, 0.6) is 0 Å². The van der Waals surface area contributed by atoms with Gasteiger partial charge in [-0.05, 0) is 37.1 Å². The summed E-state index contributed by atoms with van der Waals surface area (Å²) in [5.74, 6) is 0. The Bertz CT molecular complexity index is 708. The highest BCUT2D eigenvalue weighted by Crippen LogP contribution is 2.20. The number of hydrogen-bond donors (Lipinski definition) is 1. The molecule has 0 aliphatic carbocycles. The Hall–Kier alpha value is -1.56. The van der Waals surface area contributed by atoms with E-state index in [1.54, 1.807) is 24.3 Å². The lowest BCUT2D eigenvalue weighted by atomic mass is 10.1. The normalized spacial score (nSPS) is 18.3. The first kappa shape index (κ1) is 17.8. The van der Waals surface area contributed by atoms with Gasteiger partial charge in [-0.25, -0.2) is 13.1 Å². The van der Waals surface area contributed by atoms with Crippen molar-refractivity contribution < 1.29 is 8.42 Å². The number of rotatable bonds is 4. The molecule has 1 heterocycles. The molecular formula is C17H21ClN2O2S. The maximum absolute atomic E-state index is 12.4. The summed E-state index contributed by atoms with van der Waals surface area (Å²) in [6.07, 6.45) is 1.85. The van der Waals surface area contributed by atoms with Gasteiger partial charge < -0.3 is 4.90 Å². The molecular weight excluding hydrogens is 332 g/mol. The van der Waals surface area contributed by atoms with E-state index >= 15 is 0 Å². The summed E-state index contributed by atoms with van der Waals surface area (Å²) in [6.45, 7) is 1.67. The number of anilines is 1. The molecule has 2 aromatic carbocycles. The summed E-state index contributed by atoms with van der Waals surface area (Å²) in [4.78, 5) is 2.56. The third-order valence-corrected chi connectivity index (χ3v) is 5.45. The van der Waals surface area contributed by atoms with Crippen molar-refractivity contribution in [2.45, 2.75) is 23.8 Å². The Labute approximate surface area is 144 Å². The van der Waals surface area contributed by atoms with E-state index in [4.69, 9.17) is 0 Å². The molecule has 0 amide bonds. The summed E-state index contributed by atoms with van der Waals surface area (Å²) < 4.78 is 27.7. The molecule has 124 valence electrons. The van der Waals surface area contributed by atoms with Crippen LogP contribution in [-0.2, 0) is 10.0 Å². The average Bonchev–Trinajstić information content (AvgIpc) is 2.56. The van der Waals surface area contributed by atoms with Gasteiger partial charge in [-0.1, -0.05) is 36.4 Å². The van der Waals surface area contributed by atoms with Crippen molar-refractivity contribution in [1.82, 2.24) is 4.72 Å². The smallest absolute Gasteiger partial charge is 0.240 e. The number of benzene rings is 2. The van der Waals surface area contributed by atoms with E-state index in [0.29, 0.717) is 11.4 Å². The lowest BCUT2D eigenvalue weighted by Gasteiger charge is -2.34. The van der Waals surface area contributed by atoms with Crippen molar-refractivity contribution in [3.8, 4) is 0 Å². The molecule has 0 bridgehead atoms. The highest BCUT2D eigenvalue weighted by atomic mass is 35.5. The lowest BCUT2D eigenvalue weighted by molar-refractivity contribution is 0.466. The minimum Gasteiger partial charge on any atom is -0.370 e. The molecule has 0 spiro atoms. The topological polar surface area (TPSA) is 49.4 Å². The number of nitrogens with one attached hydrogen (secondary N) is 1. The van der Waals surface area contributed by atoms with Crippen LogP contribution in [0.2, 0.25) is 0 Å². The van der Waals surface area contributed by atoms with Crippen LogP contribution >= 0.6 is 12.4 Å². The molecule has 1 N–H and O–H groups in total. The van der Waals surface area contributed by atoms with Crippen molar-refractivity contribution >= 4 is 28.1 Å². The number of hydrogen-bond acceptors (Lipinski definition) is 3. The quantitative estimate of drug-likeness (QED) is 0.920. The lowest BCUT2D eigenvalue weighted by Crippen LogP contribution is -2.47. The van der Waals surface area contributed by atoms with Crippen LogP contribution in [0.15, 0.2) is 65.6 Å². The predicted octanol–water partition coefficient (Wildman–Crippen LogP) is 3.06. The van der Waals surface area contributed by atoms with Crippen molar-refractivity contribution in [3.05, 3.63) is 60.7 Å². The second-order valence-corrected chi connectivity index (χ2v) is 7.27. The molecule has 0 radical (unpaired) electrons. The number of para-hydroxylation sites is 1. The molecule has 0 saturated carbocycles. The van der Waals surface area contributed by atoms with E-state index in [1.807, 2.05) is 24.3 Å². The number of sulfonamides is 1. The Morgan fingerprint density at radius 3 is 2.22 bits per heavy atom. The molecule has 4 nitrogen and oxygen atoms in total. The standard InChI is InChI=1S/C17H20N2O2S.ClH/c20-22(21,17-11-5-2-6-12-17)18-15-8-7-13-19(14-15)16-9-3-1-4-10-16;/h1-6,9-12,15,18H,7-8,13-14H2;1H. The van der Waals surface area contributed by atoms with Gasteiger partial charge in [0.05, 0.1) is 4.90 Å². The van der Waals surface area contributed by atoms with Gasteiger partial charge in [0.15, 0.2) is 0 Å². The van der Waals surface area contributed by atoms with Crippen molar-refractivity contribution in [2.24, 2.45) is 0 Å². The highest BCUT2D eigenvalue weighted by Gasteiger charge is 2.25. The zero-order chi connectivity index (χ0) is 15.4. The fourth-order valence-electron chi connectivity index (χ4n) is 2.83. The first-order chi connectivity index (χ1) is 10.6. The second kappa shape index (κ2) is 7.81. The number of piperidine rings is 1. The Balaban J connectivity index is 0.00000192. The second-order valence-electron chi connectivity index (χ2n) is 5.56. The number of halogens is 1. The van der Waals surface area contributed by atoms with Crippen LogP contribution in [0.4, 0.5) is 5.69 Å². The third-order valence-electron chi connectivity index (χ3n) is 3.92. The maximum Gasteiger partial charge on any atom is 0.240 e. The van der Waals surface area contributed by atoms with Gasteiger partial charge in [-0.2, -0.15) is 0 Å². The maximum atomic E-state index is 12.4. The molecule has 1 unspecified atom stereocenters. The fourth-order valence-corrected chi connectivity index (χ4v) is 4.12. The van der Waals surface area contributed by atoms with Gasteiger partial charge in [0.25, 0.3) is 0 Å². The molecule has 2 aromatic rings. The van der Waals surface area contributed by atoms with E-state index in [9.17, 15) is 8.42 Å². The zero-order valence-corrected chi connectivity index (χ0v) is 14.4. The van der Waals surface area contributed by atoms with Gasteiger partial charge in [-0.3, -0.25) is 0 Å². The van der Waals surface area contributed by atoms with Gasteiger partial charge in [0.1, 0.15) is 0 Å². The van der Waals surface area contributed by atoms with Crippen LogP contribution in [0.3, 0.4) is 0 Å². The molecule has 6 heteroatoms. The van der Waals surface area contributed by atoms with Gasteiger partial charge in [-0.15, -0.1) is 12.4 Å². The van der Waals surface area contributed by atoms with E-state index in [1.165, 1.54) is 0 Å². The monoisotopic (exact) mass is 352 g/mol. The minimum atomic E-state index is -3.44. The molecule has 0 aromatic heterocycles. The van der Waals surface area contributed by atoms with Crippen molar-refractivity contribution in [2.75, 3.05) is 18.0 Å². The Morgan fingerprint density at radius 2 is 1.57 bits per heavy atom. The van der Waals surface area contributed by atoms with Gasteiger partial charge in [0, 0.05) is 24.8 Å².